The normalized spacial score (nSPS) is 10.9. The smallest absolute Gasteiger partial charge is 0.133 e. The van der Waals surface area contributed by atoms with Gasteiger partial charge in [0.15, 0.2) is 0 Å². The van der Waals surface area contributed by atoms with E-state index in [1.807, 2.05) is 6.07 Å². The Bertz CT molecular complexity index is 344. The van der Waals surface area contributed by atoms with Crippen molar-refractivity contribution >= 4 is 15.9 Å². The first-order valence-corrected chi connectivity index (χ1v) is 6.68. The van der Waals surface area contributed by atoms with Crippen LogP contribution in [0.5, 0.6) is 5.75 Å². The van der Waals surface area contributed by atoms with Crippen LogP contribution in [0.2, 0.25) is 0 Å². The Morgan fingerprint density at radius 1 is 1.41 bits per heavy atom. The van der Waals surface area contributed by atoms with Crippen LogP contribution in [0.25, 0.3) is 0 Å². The van der Waals surface area contributed by atoms with Crippen molar-refractivity contribution in [1.82, 2.24) is 10.2 Å². The summed E-state index contributed by atoms with van der Waals surface area (Å²) in [5.74, 6) is 0.879. The van der Waals surface area contributed by atoms with Gasteiger partial charge in [0, 0.05) is 19.6 Å². The molecule has 0 atom stereocenters. The third-order valence-corrected chi connectivity index (χ3v) is 3.21. The highest BCUT2D eigenvalue weighted by Gasteiger charge is 2.04. The van der Waals surface area contributed by atoms with Gasteiger partial charge in [-0.3, -0.25) is 0 Å². The quantitative estimate of drug-likeness (QED) is 0.783. The minimum absolute atomic E-state index is 0.879. The SMILES string of the molecule is CCNCCN(C)Cc1ccc(OC)c(Br)c1. The number of nitrogens with zero attached hydrogens (tertiary/aromatic N) is 1. The molecule has 0 spiro atoms. The summed E-state index contributed by atoms with van der Waals surface area (Å²) < 4.78 is 6.23. The molecule has 0 radical (unpaired) electrons. The summed E-state index contributed by atoms with van der Waals surface area (Å²) in [7, 11) is 3.82. The van der Waals surface area contributed by atoms with E-state index in [0.717, 1.165) is 36.4 Å². The van der Waals surface area contributed by atoms with Gasteiger partial charge in [0.05, 0.1) is 11.6 Å². The van der Waals surface area contributed by atoms with Crippen molar-refractivity contribution in [2.24, 2.45) is 0 Å². The molecular weight excluding hydrogens is 280 g/mol. The Morgan fingerprint density at radius 2 is 2.18 bits per heavy atom. The maximum Gasteiger partial charge on any atom is 0.133 e. The summed E-state index contributed by atoms with van der Waals surface area (Å²) in [5.41, 5.74) is 1.29. The van der Waals surface area contributed by atoms with E-state index in [1.54, 1.807) is 7.11 Å². The average Bonchev–Trinajstić information content (AvgIpc) is 2.29. The number of methoxy groups -OCH3 is 1. The third-order valence-electron chi connectivity index (χ3n) is 2.59. The van der Waals surface area contributed by atoms with Crippen LogP contribution in [-0.2, 0) is 6.54 Å². The second-order valence-electron chi connectivity index (χ2n) is 4.06. The van der Waals surface area contributed by atoms with Gasteiger partial charge >= 0.3 is 0 Å². The molecule has 0 bridgehead atoms. The van der Waals surface area contributed by atoms with Gasteiger partial charge in [-0.2, -0.15) is 0 Å². The van der Waals surface area contributed by atoms with E-state index in [2.05, 4.69) is 52.3 Å². The van der Waals surface area contributed by atoms with Gasteiger partial charge in [0.1, 0.15) is 5.75 Å². The fourth-order valence-electron chi connectivity index (χ4n) is 1.65. The van der Waals surface area contributed by atoms with Crippen molar-refractivity contribution in [3.05, 3.63) is 28.2 Å². The molecule has 3 nitrogen and oxygen atoms in total. The van der Waals surface area contributed by atoms with Crippen LogP contribution >= 0.6 is 15.9 Å². The Labute approximate surface area is 112 Å². The minimum Gasteiger partial charge on any atom is -0.496 e. The first kappa shape index (κ1) is 14.5. The summed E-state index contributed by atoms with van der Waals surface area (Å²) in [6.45, 7) is 6.19. The number of halogens is 1. The Hall–Kier alpha value is -0.580. The van der Waals surface area contributed by atoms with Gasteiger partial charge in [0.2, 0.25) is 0 Å². The van der Waals surface area contributed by atoms with Crippen molar-refractivity contribution in [1.29, 1.82) is 0 Å². The van der Waals surface area contributed by atoms with E-state index >= 15 is 0 Å². The molecule has 1 N–H and O–H groups in total. The molecule has 0 unspecified atom stereocenters. The molecule has 1 rings (SSSR count). The number of rotatable bonds is 7. The van der Waals surface area contributed by atoms with Gasteiger partial charge in [0.25, 0.3) is 0 Å². The highest BCUT2D eigenvalue weighted by molar-refractivity contribution is 9.10. The molecule has 1 aromatic carbocycles. The summed E-state index contributed by atoms with van der Waals surface area (Å²) in [6, 6.07) is 6.22. The van der Waals surface area contributed by atoms with E-state index in [1.165, 1.54) is 5.56 Å². The van der Waals surface area contributed by atoms with E-state index in [9.17, 15) is 0 Å². The fraction of sp³-hybridized carbons (Fsp3) is 0.538. The lowest BCUT2D eigenvalue weighted by Crippen LogP contribution is -2.28. The van der Waals surface area contributed by atoms with Crippen molar-refractivity contribution in [2.45, 2.75) is 13.5 Å². The lowest BCUT2D eigenvalue weighted by molar-refractivity contribution is 0.325. The predicted molar refractivity (Wildman–Crippen MR) is 75.6 cm³/mol. The molecule has 96 valence electrons. The van der Waals surface area contributed by atoms with Crippen molar-refractivity contribution < 1.29 is 4.74 Å². The predicted octanol–water partition coefficient (Wildman–Crippen LogP) is 2.50. The summed E-state index contributed by atoms with van der Waals surface area (Å²) in [4.78, 5) is 2.30. The molecule has 0 aromatic heterocycles. The largest absolute Gasteiger partial charge is 0.496 e. The molecule has 0 fully saturated rings. The van der Waals surface area contributed by atoms with E-state index in [-0.39, 0.29) is 0 Å². The van der Waals surface area contributed by atoms with Crippen LogP contribution in [0.4, 0.5) is 0 Å². The Balaban J connectivity index is 2.48. The highest BCUT2D eigenvalue weighted by atomic mass is 79.9. The molecular formula is C13H21BrN2O. The number of benzene rings is 1. The monoisotopic (exact) mass is 300 g/mol. The molecule has 1 aromatic rings. The van der Waals surface area contributed by atoms with E-state index in [4.69, 9.17) is 4.74 Å². The van der Waals surface area contributed by atoms with Crippen LogP contribution in [0.3, 0.4) is 0 Å². The van der Waals surface area contributed by atoms with Gasteiger partial charge in [-0.1, -0.05) is 13.0 Å². The van der Waals surface area contributed by atoms with Gasteiger partial charge in [-0.25, -0.2) is 0 Å². The zero-order valence-corrected chi connectivity index (χ0v) is 12.4. The number of hydrogen-bond acceptors (Lipinski definition) is 3. The minimum atomic E-state index is 0.879. The average molecular weight is 301 g/mol. The molecule has 0 saturated carbocycles. The maximum atomic E-state index is 5.21. The molecule has 17 heavy (non-hydrogen) atoms. The second kappa shape index (κ2) is 7.69. The van der Waals surface area contributed by atoms with Gasteiger partial charge in [-0.05, 0) is 47.2 Å². The lowest BCUT2D eigenvalue weighted by atomic mass is 10.2. The maximum absolute atomic E-state index is 5.21. The molecule has 0 aliphatic carbocycles. The first-order chi connectivity index (χ1) is 8.17. The summed E-state index contributed by atoms with van der Waals surface area (Å²) >= 11 is 3.51. The number of nitrogens with one attached hydrogen (secondary N) is 1. The topological polar surface area (TPSA) is 24.5 Å². The number of ether oxygens (including phenoxy) is 1. The van der Waals surface area contributed by atoms with Crippen LogP contribution in [-0.4, -0.2) is 38.7 Å². The standard InChI is InChI=1S/C13H21BrN2O/c1-4-15-7-8-16(2)10-11-5-6-13(17-3)12(14)9-11/h5-6,9,15H,4,7-8,10H2,1-3H3. The second-order valence-corrected chi connectivity index (χ2v) is 4.91. The zero-order chi connectivity index (χ0) is 12.7. The summed E-state index contributed by atoms with van der Waals surface area (Å²) in [5, 5.41) is 3.32. The van der Waals surface area contributed by atoms with Gasteiger partial charge in [-0.15, -0.1) is 0 Å². The van der Waals surface area contributed by atoms with Crippen LogP contribution in [0.1, 0.15) is 12.5 Å². The molecule has 4 heteroatoms. The fourth-order valence-corrected chi connectivity index (χ4v) is 2.23. The van der Waals surface area contributed by atoms with Crippen molar-refractivity contribution in [3.63, 3.8) is 0 Å². The zero-order valence-electron chi connectivity index (χ0n) is 10.8. The van der Waals surface area contributed by atoms with Crippen LogP contribution in [0, 0.1) is 0 Å². The van der Waals surface area contributed by atoms with E-state index < -0.39 is 0 Å². The van der Waals surface area contributed by atoms with Crippen molar-refractivity contribution in [3.8, 4) is 5.75 Å². The number of hydrogen-bond donors (Lipinski definition) is 1. The molecule has 0 amide bonds. The lowest BCUT2D eigenvalue weighted by Gasteiger charge is -2.17. The Kier molecular flexibility index (Phi) is 6.55. The molecule has 0 aliphatic heterocycles. The molecule has 0 aliphatic rings. The van der Waals surface area contributed by atoms with Crippen LogP contribution < -0.4 is 10.1 Å². The van der Waals surface area contributed by atoms with Gasteiger partial charge < -0.3 is 15.0 Å². The summed E-state index contributed by atoms with van der Waals surface area (Å²) in [6.07, 6.45) is 0. The van der Waals surface area contributed by atoms with E-state index in [0.29, 0.717) is 0 Å². The molecule has 0 heterocycles. The Morgan fingerprint density at radius 3 is 2.76 bits per heavy atom. The first-order valence-electron chi connectivity index (χ1n) is 5.89. The number of likely N-dealkylation sites (N-methyl/N-ethyl adjacent to an activating group) is 2. The molecule has 0 saturated heterocycles. The van der Waals surface area contributed by atoms with Crippen LogP contribution in [0.15, 0.2) is 22.7 Å². The third kappa shape index (κ3) is 5.06. The van der Waals surface area contributed by atoms with Crippen molar-refractivity contribution in [2.75, 3.05) is 33.8 Å². The highest BCUT2D eigenvalue weighted by Crippen LogP contribution is 2.25.